The maximum absolute atomic E-state index is 12.8. The molecule has 0 saturated heterocycles. The topological polar surface area (TPSA) is 169 Å². The quantitative estimate of drug-likeness (QED) is 0.109. The molecule has 49 heavy (non-hydrogen) atoms. The average Bonchev–Trinajstić information content (AvgIpc) is 3.05. The number of urea groups is 2. The van der Waals surface area contributed by atoms with E-state index < -0.39 is 32.3 Å². The molecule has 5 aromatic carbocycles. The van der Waals surface area contributed by atoms with Gasteiger partial charge in [0.25, 0.3) is 0 Å². The summed E-state index contributed by atoms with van der Waals surface area (Å²) in [5.41, 5.74) is 3.30. The van der Waals surface area contributed by atoms with E-state index in [4.69, 9.17) is 8.37 Å². The third kappa shape index (κ3) is 8.74. The van der Waals surface area contributed by atoms with Crippen molar-refractivity contribution < 1.29 is 34.8 Å². The van der Waals surface area contributed by atoms with E-state index in [2.05, 4.69) is 21.3 Å². The van der Waals surface area contributed by atoms with E-state index in [0.717, 1.165) is 0 Å². The smallest absolute Gasteiger partial charge is 0.339 e. The highest BCUT2D eigenvalue weighted by Gasteiger charge is 2.20. The Bertz CT molecular complexity index is 2070. The lowest BCUT2D eigenvalue weighted by molar-refractivity contribution is 0.261. The molecular formula is C35H32N4O8S2. The molecule has 12 nitrogen and oxygen atoms in total. The van der Waals surface area contributed by atoms with Crippen LogP contribution in [0.5, 0.6) is 11.5 Å². The van der Waals surface area contributed by atoms with Gasteiger partial charge in [0.1, 0.15) is 21.3 Å². The van der Waals surface area contributed by atoms with E-state index in [1.54, 1.807) is 75.4 Å². The summed E-state index contributed by atoms with van der Waals surface area (Å²) in [5, 5.41) is 10.8. The fourth-order valence-corrected chi connectivity index (χ4v) is 7.00. The highest BCUT2D eigenvalue weighted by molar-refractivity contribution is 7.87. The van der Waals surface area contributed by atoms with E-state index in [1.807, 2.05) is 0 Å². The van der Waals surface area contributed by atoms with Crippen LogP contribution in [-0.4, -0.2) is 28.9 Å². The molecule has 4 amide bonds. The molecular weight excluding hydrogens is 669 g/mol. The van der Waals surface area contributed by atoms with Crippen molar-refractivity contribution in [1.29, 1.82) is 0 Å². The molecule has 0 aliphatic heterocycles. The molecule has 4 N–H and O–H groups in total. The zero-order valence-corrected chi connectivity index (χ0v) is 28.2. The predicted molar refractivity (Wildman–Crippen MR) is 187 cm³/mol. The van der Waals surface area contributed by atoms with Crippen LogP contribution < -0.4 is 29.6 Å². The molecule has 0 spiro atoms. The largest absolute Gasteiger partial charge is 0.379 e. The van der Waals surface area contributed by atoms with Crippen molar-refractivity contribution in [1.82, 2.24) is 0 Å². The molecule has 0 aromatic heterocycles. The first-order valence-corrected chi connectivity index (χ1v) is 17.6. The van der Waals surface area contributed by atoms with E-state index >= 15 is 0 Å². The first-order valence-electron chi connectivity index (χ1n) is 14.8. The minimum Gasteiger partial charge on any atom is -0.379 e. The number of rotatable bonds is 10. The van der Waals surface area contributed by atoms with Gasteiger partial charge in [-0.3, -0.25) is 0 Å². The van der Waals surface area contributed by atoms with Crippen molar-refractivity contribution in [3.05, 3.63) is 132 Å². The van der Waals surface area contributed by atoms with Crippen LogP contribution >= 0.6 is 0 Å². The molecule has 0 aliphatic rings. The number of amides is 4. The second kappa shape index (κ2) is 14.5. The van der Waals surface area contributed by atoms with Gasteiger partial charge in [-0.25, -0.2) is 9.59 Å². The Balaban J connectivity index is 1.15. The van der Waals surface area contributed by atoms with Gasteiger partial charge in [0, 0.05) is 22.7 Å². The summed E-state index contributed by atoms with van der Waals surface area (Å²) in [6.07, 6.45) is 0. The van der Waals surface area contributed by atoms with Gasteiger partial charge >= 0.3 is 32.3 Å². The van der Waals surface area contributed by atoms with Crippen molar-refractivity contribution in [3.63, 3.8) is 0 Å². The molecule has 0 aliphatic carbocycles. The molecule has 0 fully saturated rings. The van der Waals surface area contributed by atoms with Crippen LogP contribution in [0.3, 0.4) is 0 Å². The van der Waals surface area contributed by atoms with Gasteiger partial charge in [-0.05, 0) is 110 Å². The molecule has 0 bridgehead atoms. The molecule has 5 rings (SSSR count). The normalized spacial score (nSPS) is 11.2. The zero-order chi connectivity index (χ0) is 35.2. The molecule has 0 heterocycles. The van der Waals surface area contributed by atoms with E-state index in [1.165, 1.54) is 60.7 Å². The SMILES string of the molecule is Cc1ccccc1S(=O)(=O)Oc1ccc(NC(=O)Nc2cccc(NC(=O)Nc3ccc(OS(=O)(=O)c4ccccc4C)cc3)c2C)cc1. The lowest BCUT2D eigenvalue weighted by Crippen LogP contribution is -2.22. The minimum absolute atomic E-state index is 0.0645. The van der Waals surface area contributed by atoms with Crippen molar-refractivity contribution in [2.75, 3.05) is 21.3 Å². The van der Waals surface area contributed by atoms with Crippen LogP contribution in [0, 0.1) is 20.8 Å². The van der Waals surface area contributed by atoms with Crippen LogP contribution in [-0.2, 0) is 20.2 Å². The number of carbonyl (C=O) groups excluding carboxylic acids is 2. The summed E-state index contributed by atoms with van der Waals surface area (Å²) in [7, 11) is -8.07. The number of aryl methyl sites for hydroxylation is 2. The van der Waals surface area contributed by atoms with Crippen LogP contribution in [0.2, 0.25) is 0 Å². The second-order valence-electron chi connectivity index (χ2n) is 10.8. The Labute approximate surface area is 284 Å². The van der Waals surface area contributed by atoms with Crippen LogP contribution in [0.4, 0.5) is 32.3 Å². The summed E-state index contributed by atoms with van der Waals surface area (Å²) in [6.45, 7) is 5.06. The second-order valence-corrected chi connectivity index (χ2v) is 13.8. The predicted octanol–water partition coefficient (Wildman–Crippen LogP) is 7.44. The Kier molecular flexibility index (Phi) is 10.2. The standard InChI is InChI=1S/C35H32N4O8S2/c1-23-9-4-6-13-32(23)48(42,43)46-28-19-15-26(16-20-28)36-34(40)38-30-11-8-12-31(25(30)3)39-35(41)37-27-17-21-29(22-18-27)47-49(44,45)33-14-7-5-10-24(33)2/h4-22H,1-3H3,(H2,36,38,40)(H2,37,39,41). The fourth-order valence-electron chi connectivity index (χ4n) is 4.68. The van der Waals surface area contributed by atoms with Crippen LogP contribution in [0.1, 0.15) is 16.7 Å². The summed E-state index contributed by atoms with van der Waals surface area (Å²) in [6, 6.07) is 28.5. The molecule has 0 atom stereocenters. The zero-order valence-electron chi connectivity index (χ0n) is 26.6. The number of hydrogen-bond donors (Lipinski definition) is 4. The molecule has 252 valence electrons. The third-order valence-corrected chi connectivity index (χ3v) is 10.0. The lowest BCUT2D eigenvalue weighted by atomic mass is 10.1. The van der Waals surface area contributed by atoms with Gasteiger partial charge in [0.05, 0.1) is 0 Å². The number of nitrogens with one attached hydrogen (secondary N) is 4. The molecule has 14 heteroatoms. The maximum atomic E-state index is 12.8. The fraction of sp³-hybridized carbons (Fsp3) is 0.0857. The van der Waals surface area contributed by atoms with Crippen molar-refractivity contribution >= 4 is 55.0 Å². The summed E-state index contributed by atoms with van der Waals surface area (Å²) < 4.78 is 61.1. The summed E-state index contributed by atoms with van der Waals surface area (Å²) in [4.78, 5) is 25.6. The minimum atomic E-state index is -4.03. The number of benzene rings is 5. The lowest BCUT2D eigenvalue weighted by Gasteiger charge is -2.15. The number of hydrogen-bond acceptors (Lipinski definition) is 8. The van der Waals surface area contributed by atoms with E-state index in [-0.39, 0.29) is 21.3 Å². The van der Waals surface area contributed by atoms with E-state index in [0.29, 0.717) is 39.4 Å². The molecule has 0 unspecified atom stereocenters. The Morgan fingerprint density at radius 1 is 0.469 bits per heavy atom. The van der Waals surface area contributed by atoms with Gasteiger partial charge in [-0.2, -0.15) is 16.8 Å². The molecule has 0 radical (unpaired) electrons. The molecule has 5 aromatic rings. The number of anilines is 4. The average molecular weight is 701 g/mol. The van der Waals surface area contributed by atoms with Gasteiger partial charge in [-0.15, -0.1) is 0 Å². The van der Waals surface area contributed by atoms with E-state index in [9.17, 15) is 26.4 Å². The molecule has 0 saturated carbocycles. The monoisotopic (exact) mass is 700 g/mol. The van der Waals surface area contributed by atoms with Gasteiger partial charge in [-0.1, -0.05) is 42.5 Å². The summed E-state index contributed by atoms with van der Waals surface area (Å²) >= 11 is 0. The number of carbonyl (C=O) groups is 2. The Morgan fingerprint density at radius 2 is 0.837 bits per heavy atom. The van der Waals surface area contributed by atoms with Gasteiger partial charge < -0.3 is 29.6 Å². The third-order valence-electron chi connectivity index (χ3n) is 7.19. The maximum Gasteiger partial charge on any atom is 0.339 e. The van der Waals surface area contributed by atoms with Crippen LogP contribution in [0.25, 0.3) is 0 Å². The summed E-state index contributed by atoms with van der Waals surface area (Å²) in [5.74, 6) is 0.162. The van der Waals surface area contributed by atoms with Crippen molar-refractivity contribution in [3.8, 4) is 11.5 Å². The first kappa shape index (κ1) is 34.5. The van der Waals surface area contributed by atoms with Crippen molar-refractivity contribution in [2.24, 2.45) is 0 Å². The van der Waals surface area contributed by atoms with Crippen LogP contribution in [0.15, 0.2) is 125 Å². The Hall–Kier alpha value is -5.86. The van der Waals surface area contributed by atoms with Gasteiger partial charge in [0.2, 0.25) is 0 Å². The highest BCUT2D eigenvalue weighted by Crippen LogP contribution is 2.26. The highest BCUT2D eigenvalue weighted by atomic mass is 32.2. The van der Waals surface area contributed by atoms with Gasteiger partial charge in [0.15, 0.2) is 0 Å². The first-order chi connectivity index (χ1) is 23.3. The van der Waals surface area contributed by atoms with Crippen molar-refractivity contribution in [2.45, 2.75) is 30.6 Å². The Morgan fingerprint density at radius 3 is 1.20 bits per heavy atom.